The summed E-state index contributed by atoms with van der Waals surface area (Å²) in [6.45, 7) is 0.509. The molecule has 222 valence electrons. The molecule has 6 rings (SSSR count). The van der Waals surface area contributed by atoms with Gasteiger partial charge >= 0.3 is 29.6 Å². The van der Waals surface area contributed by atoms with Crippen molar-refractivity contribution in [2.45, 2.75) is 11.3 Å². The summed E-state index contributed by atoms with van der Waals surface area (Å²) in [5.41, 5.74) is 9.10. The number of azo groups is 1. The molecule has 11 nitrogen and oxygen atoms in total. The van der Waals surface area contributed by atoms with Gasteiger partial charge in [0.25, 0.3) is 21.9 Å². The minimum absolute atomic E-state index is 0. The van der Waals surface area contributed by atoms with E-state index in [1.165, 1.54) is 17.2 Å². The maximum absolute atomic E-state index is 12.6. The number of hydrogen-bond acceptors (Lipinski definition) is 9. The van der Waals surface area contributed by atoms with Gasteiger partial charge in [0.2, 0.25) is 0 Å². The first-order valence-electron chi connectivity index (χ1n) is 13.6. The summed E-state index contributed by atoms with van der Waals surface area (Å²) >= 11 is 0. The molecule has 2 amide bonds. The van der Waals surface area contributed by atoms with Crippen LogP contribution in [0.15, 0.2) is 112 Å². The number of ether oxygens (including phenoxy) is 1. The number of carbonyl (C=O) groups is 2. The van der Waals surface area contributed by atoms with Gasteiger partial charge in [0.15, 0.2) is 0 Å². The van der Waals surface area contributed by atoms with Crippen LogP contribution in [0.2, 0.25) is 0 Å². The molecule has 0 radical (unpaired) electrons. The summed E-state index contributed by atoms with van der Waals surface area (Å²) < 4.78 is 39.7. The average molecular weight is 632 g/mol. The molecule has 0 atom stereocenters. The van der Waals surface area contributed by atoms with Gasteiger partial charge in [-0.3, -0.25) is 24.0 Å². The molecule has 1 aromatic heterocycles. The minimum atomic E-state index is -4.53. The Morgan fingerprint density at radius 2 is 1.44 bits per heavy atom. The van der Waals surface area contributed by atoms with E-state index in [2.05, 4.69) is 15.2 Å². The van der Waals surface area contributed by atoms with Gasteiger partial charge in [0, 0.05) is 22.9 Å². The van der Waals surface area contributed by atoms with Crippen LogP contribution in [0, 0.1) is 0 Å². The summed E-state index contributed by atoms with van der Waals surface area (Å²) in [6.07, 6.45) is 1.95. The van der Waals surface area contributed by atoms with Crippen LogP contribution in [0.1, 0.15) is 27.1 Å². The number of anilines is 1. The van der Waals surface area contributed by atoms with Crippen LogP contribution in [0.3, 0.4) is 0 Å². The SMILES string of the molecule is Nc1c(N=Nc2ccc(-c3ccccc3OCCCN3C(=O)c4ccccc4C3=O)nc2)cc(S(=O)(=O)O)c2ccccc12.[NaH]. The first-order chi connectivity index (χ1) is 21.2. The van der Waals surface area contributed by atoms with Gasteiger partial charge in [-0.2, -0.15) is 8.42 Å². The van der Waals surface area contributed by atoms with Crippen molar-refractivity contribution in [2.75, 3.05) is 18.9 Å². The Bertz CT molecular complexity index is 2030. The van der Waals surface area contributed by atoms with Crippen molar-refractivity contribution in [3.05, 3.63) is 108 Å². The predicted octanol–water partition coefficient (Wildman–Crippen LogP) is 5.56. The summed E-state index contributed by atoms with van der Waals surface area (Å²) in [4.78, 5) is 30.6. The number of nitrogens with zero attached hydrogens (tertiary/aromatic N) is 4. The molecule has 0 spiro atoms. The fourth-order valence-corrected chi connectivity index (χ4v) is 5.73. The Morgan fingerprint density at radius 3 is 2.09 bits per heavy atom. The number of imide groups is 1. The van der Waals surface area contributed by atoms with Crippen molar-refractivity contribution in [2.24, 2.45) is 10.2 Å². The number of hydrogen-bond donors (Lipinski definition) is 2. The number of carbonyl (C=O) groups excluding carboxylic acids is 2. The summed E-state index contributed by atoms with van der Waals surface area (Å²) in [5, 5.41) is 9.00. The number of nitrogen functional groups attached to an aromatic ring is 1. The van der Waals surface area contributed by atoms with Gasteiger partial charge in [0.1, 0.15) is 22.0 Å². The molecule has 5 aromatic rings. The van der Waals surface area contributed by atoms with Crippen molar-refractivity contribution >= 4 is 79.3 Å². The summed E-state index contributed by atoms with van der Waals surface area (Å²) in [6, 6.07) is 25.3. The van der Waals surface area contributed by atoms with Gasteiger partial charge in [-0.15, -0.1) is 10.2 Å². The quantitative estimate of drug-likeness (QED) is 0.0533. The second kappa shape index (κ2) is 13.3. The molecular weight excluding hydrogens is 605 g/mol. The number of benzene rings is 4. The van der Waals surface area contributed by atoms with Crippen molar-refractivity contribution < 1.29 is 27.3 Å². The van der Waals surface area contributed by atoms with Crippen LogP contribution >= 0.6 is 0 Å². The van der Waals surface area contributed by atoms with E-state index in [1.54, 1.807) is 60.7 Å². The van der Waals surface area contributed by atoms with Gasteiger partial charge < -0.3 is 10.5 Å². The molecule has 13 heteroatoms. The van der Waals surface area contributed by atoms with Crippen molar-refractivity contribution in [1.29, 1.82) is 0 Å². The summed E-state index contributed by atoms with van der Waals surface area (Å²) in [7, 11) is -4.53. The third-order valence-corrected chi connectivity index (χ3v) is 8.04. The Hall–Kier alpha value is -4.46. The number of para-hydroxylation sites is 1. The first-order valence-corrected chi connectivity index (χ1v) is 15.0. The molecule has 45 heavy (non-hydrogen) atoms. The number of rotatable bonds is 9. The molecule has 1 aliphatic heterocycles. The van der Waals surface area contributed by atoms with Gasteiger partial charge in [-0.1, -0.05) is 48.5 Å². The third kappa shape index (κ3) is 6.51. The second-order valence-electron chi connectivity index (χ2n) is 9.94. The number of aromatic nitrogens is 1. The zero-order chi connectivity index (χ0) is 30.8. The zero-order valence-electron chi connectivity index (χ0n) is 23.1. The normalized spacial score (nSPS) is 12.9. The van der Waals surface area contributed by atoms with Gasteiger partial charge in [-0.25, -0.2) is 0 Å². The van der Waals surface area contributed by atoms with Crippen molar-refractivity contribution in [3.8, 4) is 17.0 Å². The fraction of sp³-hybridized carbons (Fsp3) is 0.0938. The van der Waals surface area contributed by atoms with E-state index in [4.69, 9.17) is 10.5 Å². The standard InChI is InChI=1S/C32H25N5O6S.Na.H/c33-30-22-9-2-1-8-21(22)29(44(40,41)42)18-27(30)36-35-20-14-15-26(34-19-20)25-12-5-6-13-28(25)43-17-7-16-37-31(38)23-10-3-4-11-24(23)32(37)39;;/h1-6,8-15,18-19H,7,16-17,33H2,(H,40,41,42);;. The Kier molecular flexibility index (Phi) is 9.42. The Labute approximate surface area is 280 Å². The molecule has 0 aliphatic carbocycles. The Morgan fingerprint density at radius 1 is 0.822 bits per heavy atom. The molecule has 0 saturated carbocycles. The predicted molar refractivity (Wildman–Crippen MR) is 171 cm³/mol. The van der Waals surface area contributed by atoms with Gasteiger partial charge in [-0.05, 0) is 48.9 Å². The Balaban J connectivity index is 0.00000400. The average Bonchev–Trinajstić information content (AvgIpc) is 3.27. The summed E-state index contributed by atoms with van der Waals surface area (Å²) in [5.74, 6) is -0.0114. The van der Waals surface area contributed by atoms with E-state index >= 15 is 0 Å². The number of pyridine rings is 1. The molecule has 0 unspecified atom stereocenters. The van der Waals surface area contributed by atoms with Crippen LogP contribution in [-0.4, -0.2) is 77.4 Å². The number of nitrogens with two attached hydrogens (primary N) is 1. The van der Waals surface area contributed by atoms with Crippen LogP contribution in [0.4, 0.5) is 17.1 Å². The molecule has 0 fully saturated rings. The molecular formula is C32H26N5NaO6S. The number of fused-ring (bicyclic) bond motifs is 2. The molecule has 0 bridgehead atoms. The monoisotopic (exact) mass is 631 g/mol. The molecule has 3 N–H and O–H groups in total. The number of amides is 2. The molecule has 1 aliphatic rings. The van der Waals surface area contributed by atoms with Crippen molar-refractivity contribution in [3.63, 3.8) is 0 Å². The van der Waals surface area contributed by atoms with E-state index in [0.717, 1.165) is 5.56 Å². The molecule has 0 saturated heterocycles. The second-order valence-corrected chi connectivity index (χ2v) is 11.3. The van der Waals surface area contributed by atoms with Gasteiger partial charge in [0.05, 0.1) is 35.3 Å². The van der Waals surface area contributed by atoms with E-state index in [9.17, 15) is 22.6 Å². The molecule has 2 heterocycles. The van der Waals surface area contributed by atoms with Crippen LogP contribution < -0.4 is 10.5 Å². The van der Waals surface area contributed by atoms with E-state index in [1.807, 2.05) is 24.3 Å². The van der Waals surface area contributed by atoms with Crippen molar-refractivity contribution in [1.82, 2.24) is 9.88 Å². The fourth-order valence-electron chi connectivity index (χ4n) is 5.01. The van der Waals surface area contributed by atoms with Crippen LogP contribution in [0.5, 0.6) is 5.75 Å². The maximum atomic E-state index is 12.6. The molecule has 4 aromatic carbocycles. The van der Waals surface area contributed by atoms with Crippen LogP contribution in [0.25, 0.3) is 22.0 Å². The van der Waals surface area contributed by atoms with E-state index in [0.29, 0.717) is 40.1 Å². The van der Waals surface area contributed by atoms with Crippen LogP contribution in [-0.2, 0) is 10.1 Å². The van der Waals surface area contributed by atoms with E-state index in [-0.39, 0.29) is 76.2 Å². The van der Waals surface area contributed by atoms with E-state index < -0.39 is 10.1 Å². The zero-order valence-corrected chi connectivity index (χ0v) is 23.9. The third-order valence-electron chi connectivity index (χ3n) is 7.15. The first kappa shape index (κ1) is 31.9. The topological polar surface area (TPSA) is 165 Å².